The van der Waals surface area contributed by atoms with Gasteiger partial charge in [-0.2, -0.15) is 26.3 Å². The highest BCUT2D eigenvalue weighted by atomic mass is 16.5. The second-order valence-electron chi connectivity index (χ2n) is 16.2. The van der Waals surface area contributed by atoms with E-state index in [9.17, 15) is 26.3 Å². The second kappa shape index (κ2) is 23.1. The Bertz CT molecular complexity index is 2940. The average molecular weight is 946 g/mol. The molecule has 0 N–H and O–H groups in total. The fourth-order valence-electron chi connectivity index (χ4n) is 9.82. The maximum Gasteiger partial charge on any atom is 0.130 e. The van der Waals surface area contributed by atoms with Crippen LogP contribution in [-0.4, -0.2) is 77.2 Å². The summed E-state index contributed by atoms with van der Waals surface area (Å²) in [7, 11) is 15.3. The summed E-state index contributed by atoms with van der Waals surface area (Å²) in [6.45, 7) is 0. The first-order chi connectivity index (χ1) is 34.1. The molecule has 5 unspecified atom stereocenters. The van der Waals surface area contributed by atoms with Crippen LogP contribution in [0.4, 0.5) is 0 Å². The second-order valence-corrected chi connectivity index (χ2v) is 16.2. The highest BCUT2D eigenvalue weighted by Crippen LogP contribution is 2.52. The summed E-state index contributed by atoms with van der Waals surface area (Å²) in [4.78, 5) is 0. The number of fused-ring (bicyclic) bond motifs is 9. The number of nitriles is 5. The minimum Gasteiger partial charge on any atom is -0.497 e. The summed E-state index contributed by atoms with van der Waals surface area (Å²) in [5.41, 5.74) is 6.26. The molecule has 0 aromatic heterocycles. The molecule has 15 nitrogen and oxygen atoms in total. The van der Waals surface area contributed by atoms with Crippen molar-refractivity contribution in [3.05, 3.63) is 122 Å². The molecule has 2 aliphatic carbocycles. The normalized spacial score (nSPS) is 19.1. The fourth-order valence-corrected chi connectivity index (χ4v) is 9.82. The smallest absolute Gasteiger partial charge is 0.130 e. The van der Waals surface area contributed by atoms with Gasteiger partial charge in [0.2, 0.25) is 0 Å². The Morgan fingerprint density at radius 2 is 0.714 bits per heavy atom. The Morgan fingerprint density at radius 1 is 0.386 bits per heavy atom. The quantitative estimate of drug-likeness (QED) is 0.108. The van der Waals surface area contributed by atoms with Crippen molar-refractivity contribution in [3.8, 4) is 76.3 Å². The molecule has 6 rings (SSSR count). The van der Waals surface area contributed by atoms with Gasteiger partial charge in [0.15, 0.2) is 0 Å². The first-order valence-corrected chi connectivity index (χ1v) is 22.2. The molecule has 0 saturated carbocycles. The number of hydrogen-bond acceptors (Lipinski definition) is 15. The van der Waals surface area contributed by atoms with Crippen molar-refractivity contribution < 1.29 is 47.4 Å². The van der Waals surface area contributed by atoms with Crippen molar-refractivity contribution in [1.29, 1.82) is 26.3 Å². The molecule has 2 aliphatic rings. The first-order valence-electron chi connectivity index (χ1n) is 22.2. The molecule has 0 heterocycles. The third-order valence-corrected chi connectivity index (χ3v) is 13.1. The van der Waals surface area contributed by atoms with E-state index < -0.39 is 29.8 Å². The molecule has 4 aromatic rings. The lowest BCUT2D eigenvalue weighted by Gasteiger charge is -2.31. The Kier molecular flexibility index (Phi) is 16.9. The van der Waals surface area contributed by atoms with Crippen molar-refractivity contribution in [3.63, 3.8) is 0 Å². The summed E-state index contributed by atoms with van der Waals surface area (Å²) in [5.74, 6) is 0.650. The zero-order valence-electron chi connectivity index (χ0n) is 41.0. The molecule has 0 amide bonds. The van der Waals surface area contributed by atoms with Gasteiger partial charge in [0, 0.05) is 131 Å². The molecule has 4 aromatic carbocycles. The molecule has 70 heavy (non-hydrogen) atoms. The van der Waals surface area contributed by atoms with Crippen LogP contribution in [0.5, 0.6) is 46.0 Å². The maximum absolute atomic E-state index is 10.6. The summed E-state index contributed by atoms with van der Waals surface area (Å²) < 4.78 is 60.8. The lowest BCUT2D eigenvalue weighted by Crippen LogP contribution is -2.21. The third-order valence-electron chi connectivity index (χ3n) is 13.1. The van der Waals surface area contributed by atoms with Crippen LogP contribution in [0.2, 0.25) is 0 Å². The molecular formula is C55H55N5O10. The van der Waals surface area contributed by atoms with E-state index in [0.29, 0.717) is 113 Å². The molecule has 5 atom stereocenters. The Balaban J connectivity index is 1.93. The standard InChI is InChI=1S/C55H55N5O10/c1-61-46-26-47(62-2)37-21-36(46)31(11-16-56)38-22-39(49(64-4)27-48(38)63-3)33(13-18-58)42-24-43(53(68-8)29-52(42)67-7)35(15-20-60)45-25-44(54(69-9)30-55(45)70-10)34(14-19-59)41-23-40(32(37)12-17-57)50(65-5)28-51(41)66-6/h21-34,53H,11-15H2,1-10H3/b43-35+. The molecule has 360 valence electrons. The highest BCUT2D eigenvalue weighted by molar-refractivity contribution is 5.80. The van der Waals surface area contributed by atoms with E-state index in [1.807, 2.05) is 30.3 Å². The molecule has 0 fully saturated rings. The van der Waals surface area contributed by atoms with Crippen molar-refractivity contribution in [2.45, 2.75) is 61.9 Å². The Hall–Kier alpha value is -8.29. The van der Waals surface area contributed by atoms with Crippen molar-refractivity contribution in [1.82, 2.24) is 0 Å². The Labute approximate surface area is 409 Å². The largest absolute Gasteiger partial charge is 0.497 e. The van der Waals surface area contributed by atoms with E-state index in [4.69, 9.17) is 47.4 Å². The summed E-state index contributed by atoms with van der Waals surface area (Å²) >= 11 is 0. The highest BCUT2D eigenvalue weighted by Gasteiger charge is 2.36. The van der Waals surface area contributed by atoms with Gasteiger partial charge < -0.3 is 47.4 Å². The van der Waals surface area contributed by atoms with Gasteiger partial charge in [0.1, 0.15) is 57.9 Å². The average Bonchev–Trinajstić information content (AvgIpc) is 3.39. The van der Waals surface area contributed by atoms with Gasteiger partial charge >= 0.3 is 0 Å². The molecule has 15 heteroatoms. The molecule has 0 spiro atoms. The fraction of sp³-hybridized carbons (Fsp3) is 0.364. The predicted octanol–water partition coefficient (Wildman–Crippen LogP) is 10.1. The summed E-state index contributed by atoms with van der Waals surface area (Å²) in [5, 5.41) is 53.1. The third kappa shape index (κ3) is 9.56. The minimum atomic E-state index is -0.751. The summed E-state index contributed by atoms with van der Waals surface area (Å²) in [6.07, 6.45) is 2.57. The van der Waals surface area contributed by atoms with E-state index in [1.54, 1.807) is 37.5 Å². The van der Waals surface area contributed by atoms with Gasteiger partial charge in [-0.05, 0) is 47.6 Å². The number of allylic oxidation sites excluding steroid dienone is 2. The van der Waals surface area contributed by atoms with Crippen LogP contribution in [0.15, 0.2) is 77.6 Å². The van der Waals surface area contributed by atoms with Crippen LogP contribution in [0.1, 0.15) is 100 Å². The molecule has 0 saturated heterocycles. The van der Waals surface area contributed by atoms with Crippen molar-refractivity contribution >= 4 is 5.57 Å². The Morgan fingerprint density at radius 3 is 1.03 bits per heavy atom. The summed E-state index contributed by atoms with van der Waals surface area (Å²) in [6, 6.07) is 26.3. The van der Waals surface area contributed by atoms with Crippen molar-refractivity contribution in [2.24, 2.45) is 0 Å². The number of benzene rings is 4. The van der Waals surface area contributed by atoms with Crippen LogP contribution in [0.3, 0.4) is 0 Å². The predicted molar refractivity (Wildman–Crippen MR) is 258 cm³/mol. The van der Waals surface area contributed by atoms with E-state index >= 15 is 0 Å². The number of nitrogens with zero attached hydrogens (tertiary/aromatic N) is 5. The SMILES string of the molecule is COC1=CC(OC)/C2=C(\CC#N)c3cc(c(OC)cc3OC)C(CC#N)c3cc(c(OC)cc3OC)C(CC#N)c3cc(c(OC)cc3OC)C(CC#N)c3cc(c(OC)cc3OC)C(CC#N)C1=C2. The van der Waals surface area contributed by atoms with Crippen LogP contribution < -0.4 is 37.9 Å². The molecular weight excluding hydrogens is 891 g/mol. The van der Waals surface area contributed by atoms with Crippen LogP contribution >= 0.6 is 0 Å². The van der Waals surface area contributed by atoms with Gasteiger partial charge in [-0.15, -0.1) is 0 Å². The van der Waals surface area contributed by atoms with Gasteiger partial charge in [0.25, 0.3) is 0 Å². The zero-order valence-corrected chi connectivity index (χ0v) is 41.0. The van der Waals surface area contributed by atoms with Gasteiger partial charge in [-0.3, -0.25) is 0 Å². The molecule has 10 bridgehead atoms. The lowest BCUT2D eigenvalue weighted by molar-refractivity contribution is 0.163. The van der Waals surface area contributed by atoms with Crippen LogP contribution in [0, 0.1) is 56.7 Å². The zero-order chi connectivity index (χ0) is 50.6. The van der Waals surface area contributed by atoms with Gasteiger partial charge in [-0.25, -0.2) is 0 Å². The van der Waals surface area contributed by atoms with Crippen molar-refractivity contribution in [2.75, 3.05) is 71.1 Å². The number of hydrogen-bond donors (Lipinski definition) is 0. The van der Waals surface area contributed by atoms with Crippen LogP contribution in [0.25, 0.3) is 5.57 Å². The minimum absolute atomic E-state index is 0.0603. The molecule has 0 aliphatic heterocycles. The lowest BCUT2D eigenvalue weighted by atomic mass is 9.77. The van der Waals surface area contributed by atoms with Crippen LogP contribution in [-0.2, 0) is 9.47 Å². The van der Waals surface area contributed by atoms with E-state index in [-0.39, 0.29) is 32.1 Å². The topological polar surface area (TPSA) is 211 Å². The monoisotopic (exact) mass is 945 g/mol. The first kappa shape index (κ1) is 51.1. The van der Waals surface area contributed by atoms with E-state index in [2.05, 4.69) is 30.3 Å². The maximum atomic E-state index is 10.6. The number of ether oxygens (including phenoxy) is 10. The molecule has 0 radical (unpaired) electrons. The van der Waals surface area contributed by atoms with E-state index in [1.165, 1.54) is 64.0 Å². The van der Waals surface area contributed by atoms with Gasteiger partial charge in [0.05, 0.1) is 101 Å². The van der Waals surface area contributed by atoms with E-state index in [0.717, 1.165) is 0 Å². The number of rotatable bonds is 15. The van der Waals surface area contributed by atoms with Gasteiger partial charge in [-0.1, -0.05) is 0 Å². The number of methoxy groups -OCH3 is 10.